The normalized spacial score (nSPS) is 16.1. The third kappa shape index (κ3) is 0.778. The Bertz CT molecular complexity index is 243. The molecular formula is C6H8ClN3. The number of anilines is 1. The number of fused-ring (bicyclic) bond motifs is 1. The highest BCUT2D eigenvalue weighted by Crippen LogP contribution is 2.23. The van der Waals surface area contributed by atoms with Crippen LogP contribution < -0.4 is 5.32 Å². The highest BCUT2D eigenvalue weighted by atomic mass is 35.5. The molecule has 1 aromatic rings. The largest absolute Gasteiger partial charge is 0.369 e. The molecule has 1 aliphatic rings. The van der Waals surface area contributed by atoms with Crippen molar-refractivity contribution in [3.8, 4) is 0 Å². The monoisotopic (exact) mass is 157 g/mol. The van der Waals surface area contributed by atoms with Gasteiger partial charge in [-0.2, -0.15) is 5.10 Å². The third-order valence-electron chi connectivity index (χ3n) is 1.63. The lowest BCUT2D eigenvalue weighted by Crippen LogP contribution is -2.17. The number of hydrogen-bond acceptors (Lipinski definition) is 2. The van der Waals surface area contributed by atoms with Crippen molar-refractivity contribution in [3.63, 3.8) is 0 Å². The molecule has 54 valence electrons. The molecule has 2 heterocycles. The molecule has 1 N–H and O–H groups in total. The number of hydrogen-bond donors (Lipinski definition) is 1. The highest BCUT2D eigenvalue weighted by Gasteiger charge is 2.11. The van der Waals surface area contributed by atoms with Crippen molar-refractivity contribution in [2.24, 2.45) is 0 Å². The molecular weight excluding hydrogens is 150 g/mol. The Kier molecular flexibility index (Phi) is 1.31. The van der Waals surface area contributed by atoms with E-state index in [2.05, 4.69) is 10.4 Å². The zero-order valence-electron chi connectivity index (χ0n) is 5.47. The van der Waals surface area contributed by atoms with E-state index >= 15 is 0 Å². The summed E-state index contributed by atoms with van der Waals surface area (Å²) in [5, 5.41) is 7.98. The third-order valence-corrected chi connectivity index (χ3v) is 1.91. The summed E-state index contributed by atoms with van der Waals surface area (Å²) < 4.78 is 1.89. The van der Waals surface area contributed by atoms with Crippen LogP contribution in [0.1, 0.15) is 6.42 Å². The van der Waals surface area contributed by atoms with Gasteiger partial charge in [-0.1, -0.05) is 11.6 Å². The molecule has 4 heteroatoms. The van der Waals surface area contributed by atoms with Crippen LogP contribution in [0.3, 0.4) is 0 Å². The van der Waals surface area contributed by atoms with E-state index in [4.69, 9.17) is 11.6 Å². The maximum atomic E-state index is 5.81. The van der Waals surface area contributed by atoms with Gasteiger partial charge in [0, 0.05) is 13.1 Å². The van der Waals surface area contributed by atoms with Gasteiger partial charge in [0.25, 0.3) is 0 Å². The van der Waals surface area contributed by atoms with E-state index in [-0.39, 0.29) is 0 Å². The van der Waals surface area contributed by atoms with Gasteiger partial charge < -0.3 is 5.32 Å². The molecule has 1 aromatic heterocycles. The summed E-state index contributed by atoms with van der Waals surface area (Å²) in [6.07, 6.45) is 2.81. The minimum absolute atomic E-state index is 0.722. The van der Waals surface area contributed by atoms with Gasteiger partial charge in [-0.15, -0.1) is 0 Å². The molecule has 2 rings (SSSR count). The lowest BCUT2D eigenvalue weighted by atomic mass is 10.3. The fourth-order valence-corrected chi connectivity index (χ4v) is 1.35. The summed E-state index contributed by atoms with van der Waals surface area (Å²) in [6, 6.07) is 0. The standard InChI is InChI=1S/C6H8ClN3/c7-5-4-9-10-3-1-2-8-6(5)10/h4,8H,1-3H2. The van der Waals surface area contributed by atoms with Crippen LogP contribution in [-0.2, 0) is 6.54 Å². The average Bonchev–Trinajstić information content (AvgIpc) is 2.34. The van der Waals surface area contributed by atoms with Gasteiger partial charge in [-0.3, -0.25) is 0 Å². The highest BCUT2D eigenvalue weighted by molar-refractivity contribution is 6.32. The van der Waals surface area contributed by atoms with Gasteiger partial charge in [-0.05, 0) is 6.42 Å². The summed E-state index contributed by atoms with van der Waals surface area (Å²) in [7, 11) is 0. The Balaban J connectivity index is 2.45. The molecule has 0 amide bonds. The quantitative estimate of drug-likeness (QED) is 0.616. The summed E-state index contributed by atoms with van der Waals surface area (Å²) >= 11 is 5.81. The molecule has 1 aliphatic heterocycles. The number of halogens is 1. The van der Waals surface area contributed by atoms with E-state index in [0.717, 1.165) is 30.4 Å². The lowest BCUT2D eigenvalue weighted by Gasteiger charge is -2.15. The van der Waals surface area contributed by atoms with Gasteiger partial charge in [0.05, 0.1) is 6.20 Å². The van der Waals surface area contributed by atoms with Gasteiger partial charge in [0.15, 0.2) is 0 Å². The first-order valence-corrected chi connectivity index (χ1v) is 3.71. The van der Waals surface area contributed by atoms with Crippen molar-refractivity contribution in [1.29, 1.82) is 0 Å². The number of rotatable bonds is 0. The average molecular weight is 158 g/mol. The Morgan fingerprint density at radius 3 is 3.40 bits per heavy atom. The van der Waals surface area contributed by atoms with Crippen LogP contribution in [0.5, 0.6) is 0 Å². The Morgan fingerprint density at radius 1 is 1.70 bits per heavy atom. The predicted octanol–water partition coefficient (Wildman–Crippen LogP) is 1.35. The smallest absolute Gasteiger partial charge is 0.143 e. The van der Waals surface area contributed by atoms with Crippen LogP contribution in [0, 0.1) is 0 Å². The Hall–Kier alpha value is -0.700. The van der Waals surface area contributed by atoms with Crippen LogP contribution >= 0.6 is 11.6 Å². The first kappa shape index (κ1) is 6.04. The van der Waals surface area contributed by atoms with Crippen LogP contribution in [0.2, 0.25) is 5.02 Å². The fourth-order valence-electron chi connectivity index (χ4n) is 1.14. The Labute approximate surface area is 64.0 Å². The summed E-state index contributed by atoms with van der Waals surface area (Å²) in [5.41, 5.74) is 0. The van der Waals surface area contributed by atoms with Gasteiger partial charge >= 0.3 is 0 Å². The van der Waals surface area contributed by atoms with Crippen LogP contribution in [-0.4, -0.2) is 16.3 Å². The second kappa shape index (κ2) is 2.16. The number of aryl methyl sites for hydroxylation is 1. The molecule has 0 aromatic carbocycles. The summed E-state index contributed by atoms with van der Waals surface area (Å²) in [5.74, 6) is 0.966. The van der Waals surface area contributed by atoms with Crippen LogP contribution in [0.25, 0.3) is 0 Å². The van der Waals surface area contributed by atoms with Crippen LogP contribution in [0.4, 0.5) is 5.82 Å². The molecule has 0 spiro atoms. The number of nitrogens with one attached hydrogen (secondary N) is 1. The minimum Gasteiger partial charge on any atom is -0.369 e. The van der Waals surface area contributed by atoms with E-state index in [0.29, 0.717) is 0 Å². The van der Waals surface area contributed by atoms with Crippen LogP contribution in [0.15, 0.2) is 6.20 Å². The van der Waals surface area contributed by atoms with E-state index in [1.165, 1.54) is 0 Å². The second-order valence-corrected chi connectivity index (χ2v) is 2.75. The van der Waals surface area contributed by atoms with Crippen molar-refractivity contribution in [3.05, 3.63) is 11.2 Å². The zero-order chi connectivity index (χ0) is 6.97. The van der Waals surface area contributed by atoms with Crippen molar-refractivity contribution in [2.45, 2.75) is 13.0 Å². The van der Waals surface area contributed by atoms with Gasteiger partial charge in [0.1, 0.15) is 10.8 Å². The summed E-state index contributed by atoms with van der Waals surface area (Å²) in [6.45, 7) is 1.99. The van der Waals surface area contributed by atoms with E-state index in [1.807, 2.05) is 4.68 Å². The maximum absolute atomic E-state index is 5.81. The zero-order valence-corrected chi connectivity index (χ0v) is 6.23. The van der Waals surface area contributed by atoms with Gasteiger partial charge in [-0.25, -0.2) is 4.68 Å². The van der Waals surface area contributed by atoms with E-state index < -0.39 is 0 Å². The Morgan fingerprint density at radius 2 is 2.60 bits per heavy atom. The molecule has 0 radical (unpaired) electrons. The number of nitrogens with zero attached hydrogens (tertiary/aromatic N) is 2. The fraction of sp³-hybridized carbons (Fsp3) is 0.500. The molecule has 0 fully saturated rings. The molecule has 10 heavy (non-hydrogen) atoms. The molecule has 0 atom stereocenters. The van der Waals surface area contributed by atoms with Crippen molar-refractivity contribution in [2.75, 3.05) is 11.9 Å². The number of aromatic nitrogens is 2. The summed E-state index contributed by atoms with van der Waals surface area (Å²) in [4.78, 5) is 0. The van der Waals surface area contributed by atoms with Crippen molar-refractivity contribution < 1.29 is 0 Å². The van der Waals surface area contributed by atoms with E-state index in [9.17, 15) is 0 Å². The molecule has 0 aliphatic carbocycles. The predicted molar refractivity (Wildman–Crippen MR) is 40.3 cm³/mol. The maximum Gasteiger partial charge on any atom is 0.143 e. The first-order chi connectivity index (χ1) is 4.88. The van der Waals surface area contributed by atoms with E-state index in [1.54, 1.807) is 6.20 Å². The topological polar surface area (TPSA) is 29.9 Å². The van der Waals surface area contributed by atoms with Crippen molar-refractivity contribution in [1.82, 2.24) is 9.78 Å². The molecule has 0 saturated carbocycles. The SMILES string of the molecule is Clc1cnn2c1NCCC2. The molecule has 3 nitrogen and oxygen atoms in total. The minimum atomic E-state index is 0.722. The second-order valence-electron chi connectivity index (χ2n) is 2.34. The van der Waals surface area contributed by atoms with Crippen molar-refractivity contribution >= 4 is 17.4 Å². The molecule has 0 unspecified atom stereocenters. The molecule has 0 bridgehead atoms. The molecule has 0 saturated heterocycles. The first-order valence-electron chi connectivity index (χ1n) is 3.33. The lowest BCUT2D eigenvalue weighted by molar-refractivity contribution is 0.568. The van der Waals surface area contributed by atoms with Gasteiger partial charge in [0.2, 0.25) is 0 Å².